The summed E-state index contributed by atoms with van der Waals surface area (Å²) in [5.74, 6) is -0.336. The van der Waals surface area contributed by atoms with Crippen molar-refractivity contribution in [3.63, 3.8) is 0 Å². The molecule has 0 saturated heterocycles. The van der Waals surface area contributed by atoms with Gasteiger partial charge in [0, 0.05) is 17.1 Å². The van der Waals surface area contributed by atoms with Gasteiger partial charge in [-0.15, -0.1) is 0 Å². The Kier molecular flexibility index (Phi) is 4.46. The van der Waals surface area contributed by atoms with E-state index in [0.717, 1.165) is 5.69 Å². The Morgan fingerprint density at radius 2 is 2.00 bits per heavy atom. The second kappa shape index (κ2) is 6.55. The van der Waals surface area contributed by atoms with Crippen LogP contribution in [-0.2, 0) is 6.54 Å². The molecule has 2 N–H and O–H groups in total. The highest BCUT2D eigenvalue weighted by Crippen LogP contribution is 2.26. The van der Waals surface area contributed by atoms with Gasteiger partial charge in [-0.25, -0.2) is 9.37 Å². The molecule has 122 valence electrons. The van der Waals surface area contributed by atoms with Crippen molar-refractivity contribution in [2.45, 2.75) is 13.5 Å². The van der Waals surface area contributed by atoms with Crippen molar-refractivity contribution in [1.82, 2.24) is 9.55 Å². The monoisotopic (exact) mass is 343 g/mol. The standard InChI is InChI=1S/C18H15ClFN3O/c1-11-22-10-13(9-21)23(11)17-7-6-12(19)8-15(17)18(24)14-4-2-3-5-16(14)20/h2-8,10H,9,21H2,1H3. The van der Waals surface area contributed by atoms with Crippen molar-refractivity contribution in [2.24, 2.45) is 5.73 Å². The van der Waals surface area contributed by atoms with Crippen molar-refractivity contribution >= 4 is 17.4 Å². The number of imidazole rings is 1. The molecule has 0 atom stereocenters. The van der Waals surface area contributed by atoms with Gasteiger partial charge in [0.15, 0.2) is 5.78 Å². The van der Waals surface area contributed by atoms with Crippen LogP contribution in [0.25, 0.3) is 5.69 Å². The van der Waals surface area contributed by atoms with Gasteiger partial charge in [-0.3, -0.25) is 9.36 Å². The molecule has 6 heteroatoms. The van der Waals surface area contributed by atoms with Gasteiger partial charge < -0.3 is 5.73 Å². The Labute approximate surface area is 143 Å². The summed E-state index contributed by atoms with van der Waals surface area (Å²) in [7, 11) is 0. The Hall–Kier alpha value is -2.50. The van der Waals surface area contributed by atoms with Crippen LogP contribution >= 0.6 is 11.6 Å². The van der Waals surface area contributed by atoms with Crippen LogP contribution in [0.15, 0.2) is 48.7 Å². The number of ketones is 1. The lowest BCUT2D eigenvalue weighted by atomic mass is 10.0. The van der Waals surface area contributed by atoms with Crippen LogP contribution in [0.3, 0.4) is 0 Å². The van der Waals surface area contributed by atoms with Gasteiger partial charge in [0.25, 0.3) is 0 Å². The molecule has 0 saturated carbocycles. The fourth-order valence-electron chi connectivity index (χ4n) is 2.64. The third kappa shape index (κ3) is 2.84. The first kappa shape index (κ1) is 16.4. The maximum absolute atomic E-state index is 14.0. The molecule has 4 nitrogen and oxygen atoms in total. The average molecular weight is 344 g/mol. The third-order valence-electron chi connectivity index (χ3n) is 3.78. The lowest BCUT2D eigenvalue weighted by Crippen LogP contribution is -2.13. The molecule has 0 aliphatic heterocycles. The van der Waals surface area contributed by atoms with Crippen molar-refractivity contribution < 1.29 is 9.18 Å². The quantitative estimate of drug-likeness (QED) is 0.735. The highest BCUT2D eigenvalue weighted by molar-refractivity contribution is 6.31. The van der Waals surface area contributed by atoms with E-state index in [9.17, 15) is 9.18 Å². The van der Waals surface area contributed by atoms with Crippen LogP contribution < -0.4 is 5.73 Å². The molecule has 3 rings (SSSR count). The Morgan fingerprint density at radius 3 is 2.71 bits per heavy atom. The molecule has 0 radical (unpaired) electrons. The third-order valence-corrected chi connectivity index (χ3v) is 4.02. The van der Waals surface area contributed by atoms with Crippen LogP contribution in [0.5, 0.6) is 0 Å². The smallest absolute Gasteiger partial charge is 0.198 e. The fourth-order valence-corrected chi connectivity index (χ4v) is 2.81. The molecule has 1 heterocycles. The zero-order valence-corrected chi connectivity index (χ0v) is 13.7. The zero-order valence-electron chi connectivity index (χ0n) is 13.0. The summed E-state index contributed by atoms with van der Waals surface area (Å²) in [6, 6.07) is 10.8. The summed E-state index contributed by atoms with van der Waals surface area (Å²) in [5.41, 5.74) is 7.37. The molecule has 2 aromatic carbocycles. The van der Waals surface area contributed by atoms with E-state index in [1.54, 1.807) is 29.0 Å². The molecular formula is C18H15ClFN3O. The number of carbonyl (C=O) groups is 1. The van der Waals surface area contributed by atoms with E-state index in [1.807, 2.05) is 6.92 Å². The molecule has 0 amide bonds. The Morgan fingerprint density at radius 1 is 1.25 bits per heavy atom. The first-order chi connectivity index (χ1) is 11.5. The molecular weight excluding hydrogens is 329 g/mol. The van der Waals surface area contributed by atoms with Gasteiger partial charge in [0.2, 0.25) is 0 Å². The maximum atomic E-state index is 14.0. The van der Waals surface area contributed by atoms with Crippen LogP contribution in [0, 0.1) is 12.7 Å². The van der Waals surface area contributed by atoms with E-state index < -0.39 is 11.6 Å². The number of nitrogens with two attached hydrogens (primary N) is 1. The van der Waals surface area contributed by atoms with Gasteiger partial charge >= 0.3 is 0 Å². The van der Waals surface area contributed by atoms with E-state index >= 15 is 0 Å². The normalized spacial score (nSPS) is 10.8. The van der Waals surface area contributed by atoms with Crippen molar-refractivity contribution in [2.75, 3.05) is 0 Å². The molecule has 3 aromatic rings. The molecule has 0 aliphatic rings. The van der Waals surface area contributed by atoms with Crippen LogP contribution in [0.1, 0.15) is 27.4 Å². The number of hydrogen-bond acceptors (Lipinski definition) is 3. The first-order valence-electron chi connectivity index (χ1n) is 7.35. The van der Waals surface area contributed by atoms with Gasteiger partial charge in [0.05, 0.1) is 23.1 Å². The lowest BCUT2D eigenvalue weighted by molar-refractivity contribution is 0.103. The van der Waals surface area contributed by atoms with E-state index in [0.29, 0.717) is 22.1 Å². The summed E-state index contributed by atoms with van der Waals surface area (Å²) in [5, 5.41) is 0.394. The topological polar surface area (TPSA) is 60.9 Å². The van der Waals surface area contributed by atoms with Crippen molar-refractivity contribution in [3.8, 4) is 5.69 Å². The van der Waals surface area contributed by atoms with Crippen LogP contribution in [0.2, 0.25) is 5.02 Å². The minimum absolute atomic E-state index is 0.00640. The van der Waals surface area contributed by atoms with E-state index in [4.69, 9.17) is 17.3 Å². The average Bonchev–Trinajstić information content (AvgIpc) is 2.95. The number of aryl methyl sites for hydroxylation is 1. The highest BCUT2D eigenvalue weighted by Gasteiger charge is 2.20. The molecule has 0 spiro atoms. The van der Waals surface area contributed by atoms with Crippen molar-refractivity contribution in [1.29, 1.82) is 0 Å². The number of carbonyl (C=O) groups excluding carboxylic acids is 1. The van der Waals surface area contributed by atoms with Crippen molar-refractivity contribution in [3.05, 3.63) is 82.1 Å². The first-order valence-corrected chi connectivity index (χ1v) is 7.73. The SMILES string of the molecule is Cc1ncc(CN)n1-c1ccc(Cl)cc1C(=O)c1ccccc1F. The van der Waals surface area contributed by atoms with E-state index in [1.165, 1.54) is 24.3 Å². The molecule has 1 aromatic heterocycles. The number of nitrogens with zero attached hydrogens (tertiary/aromatic N) is 2. The van der Waals surface area contributed by atoms with Gasteiger partial charge in [-0.05, 0) is 37.3 Å². The number of rotatable bonds is 4. The number of aromatic nitrogens is 2. The van der Waals surface area contributed by atoms with Crippen LogP contribution in [-0.4, -0.2) is 15.3 Å². The summed E-state index contributed by atoms with van der Waals surface area (Å²) in [6.07, 6.45) is 1.65. The second-order valence-electron chi connectivity index (χ2n) is 5.31. The highest BCUT2D eigenvalue weighted by atomic mass is 35.5. The molecule has 0 unspecified atom stereocenters. The summed E-state index contributed by atoms with van der Waals surface area (Å²) in [6.45, 7) is 2.07. The number of benzene rings is 2. The predicted molar refractivity (Wildman–Crippen MR) is 91.0 cm³/mol. The zero-order chi connectivity index (χ0) is 17.3. The minimum Gasteiger partial charge on any atom is -0.325 e. The van der Waals surface area contributed by atoms with Gasteiger partial charge in [-0.2, -0.15) is 0 Å². The lowest BCUT2D eigenvalue weighted by Gasteiger charge is -2.14. The largest absolute Gasteiger partial charge is 0.325 e. The number of hydrogen-bond donors (Lipinski definition) is 1. The minimum atomic E-state index is -0.574. The molecule has 0 aliphatic carbocycles. The Balaban J connectivity index is 2.22. The predicted octanol–water partition coefficient (Wildman–Crippen LogP) is 3.66. The Bertz CT molecular complexity index is 920. The second-order valence-corrected chi connectivity index (χ2v) is 5.74. The molecule has 24 heavy (non-hydrogen) atoms. The summed E-state index contributed by atoms with van der Waals surface area (Å²) in [4.78, 5) is 17.1. The summed E-state index contributed by atoms with van der Waals surface area (Å²) >= 11 is 6.07. The fraction of sp³-hybridized carbons (Fsp3) is 0.111. The van der Waals surface area contributed by atoms with Crippen LogP contribution in [0.4, 0.5) is 4.39 Å². The molecule has 0 fully saturated rings. The van der Waals surface area contributed by atoms with Gasteiger partial charge in [0.1, 0.15) is 11.6 Å². The summed E-state index contributed by atoms with van der Waals surface area (Å²) < 4.78 is 15.8. The van der Waals surface area contributed by atoms with E-state index in [-0.39, 0.29) is 12.1 Å². The maximum Gasteiger partial charge on any atom is 0.198 e. The molecule has 0 bridgehead atoms. The number of halogens is 2. The van der Waals surface area contributed by atoms with Gasteiger partial charge in [-0.1, -0.05) is 23.7 Å². The van der Waals surface area contributed by atoms with E-state index in [2.05, 4.69) is 4.98 Å².